The lowest BCUT2D eigenvalue weighted by molar-refractivity contribution is 1.36. The molecule has 0 N–H and O–H groups in total. The molecule has 0 aliphatic heterocycles. The number of hydrogen-bond acceptors (Lipinski definition) is 0. The molecule has 0 fully saturated rings. The minimum absolute atomic E-state index is 0.631. The Morgan fingerprint density at radius 2 is 0.857 bits per heavy atom. The summed E-state index contributed by atoms with van der Waals surface area (Å²) in [4.78, 5) is 0. The van der Waals surface area contributed by atoms with Gasteiger partial charge < -0.3 is 0 Å². The second-order valence-electron chi connectivity index (χ2n) is 7.24. The van der Waals surface area contributed by atoms with Gasteiger partial charge in [0.2, 0.25) is 0 Å². The van der Waals surface area contributed by atoms with Crippen molar-refractivity contribution in [3.8, 4) is 11.1 Å². The van der Waals surface area contributed by atoms with Gasteiger partial charge in [0, 0.05) is 0 Å². The summed E-state index contributed by atoms with van der Waals surface area (Å²) < 4.78 is 0. The monoisotopic (exact) mass is 380 g/mol. The summed E-state index contributed by atoms with van der Waals surface area (Å²) in [6, 6.07) is 35.3. The van der Waals surface area contributed by atoms with Gasteiger partial charge in [0.1, 0.15) is 0 Å². The van der Waals surface area contributed by atoms with Crippen LogP contribution in [0.1, 0.15) is 16.7 Å². The molecule has 0 saturated heterocycles. The zero-order valence-corrected chi connectivity index (χ0v) is 17.6. The Balaban J connectivity index is 2.03. The first-order valence-corrected chi connectivity index (χ1v) is 11.1. The molecule has 0 aromatic heterocycles. The van der Waals surface area contributed by atoms with Crippen molar-refractivity contribution in [3.63, 3.8) is 0 Å². The van der Waals surface area contributed by atoms with Gasteiger partial charge in [-0.25, -0.2) is 0 Å². The van der Waals surface area contributed by atoms with Gasteiger partial charge in [0.15, 0.2) is 0 Å². The van der Waals surface area contributed by atoms with Crippen LogP contribution in [0.25, 0.3) is 11.1 Å². The highest BCUT2D eigenvalue weighted by Gasteiger charge is 2.22. The highest BCUT2D eigenvalue weighted by atomic mass is 31.1. The van der Waals surface area contributed by atoms with E-state index in [1.807, 2.05) is 0 Å². The van der Waals surface area contributed by atoms with E-state index in [-0.39, 0.29) is 0 Å². The molecule has 0 amide bonds. The molecule has 4 aromatic carbocycles. The van der Waals surface area contributed by atoms with Gasteiger partial charge in [0.25, 0.3) is 0 Å². The third kappa shape index (κ3) is 3.53. The maximum atomic E-state index is 2.33. The van der Waals surface area contributed by atoms with Crippen molar-refractivity contribution in [1.82, 2.24) is 0 Å². The van der Waals surface area contributed by atoms with Crippen LogP contribution in [0, 0.1) is 20.8 Å². The van der Waals surface area contributed by atoms with Gasteiger partial charge >= 0.3 is 0 Å². The molecule has 0 aliphatic rings. The predicted octanol–water partition coefficient (Wildman–Crippen LogP) is 6.04. The van der Waals surface area contributed by atoms with Crippen molar-refractivity contribution in [2.24, 2.45) is 0 Å². The fourth-order valence-corrected chi connectivity index (χ4v) is 6.50. The Morgan fingerprint density at radius 3 is 1.36 bits per heavy atom. The smallest absolute Gasteiger partial charge is 0.00657 e. The quantitative estimate of drug-likeness (QED) is 0.379. The second-order valence-corrected chi connectivity index (χ2v) is 9.43. The lowest BCUT2D eigenvalue weighted by atomic mass is 9.93. The lowest BCUT2D eigenvalue weighted by Crippen LogP contribution is -2.23. The molecule has 0 unspecified atom stereocenters. The highest BCUT2D eigenvalue weighted by Crippen LogP contribution is 2.39. The van der Waals surface area contributed by atoms with Gasteiger partial charge in [-0.15, -0.1) is 0 Å². The van der Waals surface area contributed by atoms with Crippen LogP contribution < -0.4 is 15.9 Å². The standard InChI is InChI=1S/C27H25P/c1-20-12-10-13-21(2)26(20)27-22(3)14-11-19-25(27)28(23-15-6-4-7-16-23)24-17-8-5-9-18-24/h4-19H,1-3H3. The van der Waals surface area contributed by atoms with E-state index in [1.165, 1.54) is 43.7 Å². The molecule has 0 bridgehead atoms. The molecular formula is C27H25P. The van der Waals surface area contributed by atoms with Crippen LogP contribution in [-0.4, -0.2) is 0 Å². The van der Waals surface area contributed by atoms with Crippen LogP contribution in [0.5, 0.6) is 0 Å². The molecule has 0 heterocycles. The summed E-state index contributed by atoms with van der Waals surface area (Å²) in [7, 11) is -0.631. The van der Waals surface area contributed by atoms with Crippen molar-refractivity contribution >= 4 is 23.8 Å². The van der Waals surface area contributed by atoms with Crippen LogP contribution in [0.3, 0.4) is 0 Å². The van der Waals surface area contributed by atoms with Crippen molar-refractivity contribution < 1.29 is 0 Å². The Bertz CT molecular complexity index is 1020. The summed E-state index contributed by atoms with van der Waals surface area (Å²) in [6.07, 6.45) is 0. The maximum absolute atomic E-state index is 2.33. The molecule has 4 rings (SSSR count). The fourth-order valence-electron chi connectivity index (χ4n) is 3.95. The molecule has 0 atom stereocenters. The van der Waals surface area contributed by atoms with Crippen LogP contribution in [0.2, 0.25) is 0 Å². The van der Waals surface area contributed by atoms with Gasteiger partial charge in [-0.05, 0) is 72.4 Å². The van der Waals surface area contributed by atoms with E-state index in [0.29, 0.717) is 0 Å². The van der Waals surface area contributed by atoms with Crippen molar-refractivity contribution in [2.45, 2.75) is 20.8 Å². The molecule has 1 heteroatoms. The lowest BCUT2D eigenvalue weighted by Gasteiger charge is -2.25. The number of rotatable bonds is 4. The topological polar surface area (TPSA) is 0 Å². The minimum atomic E-state index is -0.631. The van der Waals surface area contributed by atoms with Gasteiger partial charge in [-0.1, -0.05) is 97.1 Å². The fraction of sp³-hybridized carbons (Fsp3) is 0.111. The highest BCUT2D eigenvalue weighted by molar-refractivity contribution is 7.80. The van der Waals surface area contributed by atoms with E-state index < -0.39 is 7.92 Å². The zero-order chi connectivity index (χ0) is 19.5. The first kappa shape index (κ1) is 18.7. The Kier molecular flexibility index (Phi) is 5.42. The SMILES string of the molecule is Cc1cccc(C)c1-c1c(C)cccc1P(c1ccccc1)c1ccccc1. The Hall–Kier alpha value is -2.69. The van der Waals surface area contributed by atoms with E-state index >= 15 is 0 Å². The first-order chi connectivity index (χ1) is 13.7. The number of hydrogen-bond donors (Lipinski definition) is 0. The molecule has 0 saturated carbocycles. The summed E-state index contributed by atoms with van der Waals surface area (Å²) >= 11 is 0. The summed E-state index contributed by atoms with van der Waals surface area (Å²) in [5, 5.41) is 4.22. The largest absolute Gasteiger partial charge is 0.0622 e. The molecule has 0 radical (unpaired) electrons. The van der Waals surface area contributed by atoms with E-state index in [0.717, 1.165) is 0 Å². The maximum Gasteiger partial charge on any atom is -0.00657 e. The normalized spacial score (nSPS) is 11.0. The first-order valence-electron chi connectivity index (χ1n) is 9.73. The van der Waals surface area contributed by atoms with Crippen molar-refractivity contribution in [2.75, 3.05) is 0 Å². The van der Waals surface area contributed by atoms with Crippen molar-refractivity contribution in [1.29, 1.82) is 0 Å². The van der Waals surface area contributed by atoms with Crippen LogP contribution >= 0.6 is 7.92 Å². The van der Waals surface area contributed by atoms with E-state index in [9.17, 15) is 0 Å². The molecule has 0 spiro atoms. The molecular weight excluding hydrogens is 355 g/mol. The van der Waals surface area contributed by atoms with Crippen LogP contribution in [0.15, 0.2) is 97.1 Å². The molecule has 4 aromatic rings. The Morgan fingerprint density at radius 1 is 0.429 bits per heavy atom. The van der Waals surface area contributed by atoms with Crippen molar-refractivity contribution in [3.05, 3.63) is 114 Å². The van der Waals surface area contributed by atoms with Crippen LogP contribution in [0.4, 0.5) is 0 Å². The van der Waals surface area contributed by atoms with Crippen LogP contribution in [-0.2, 0) is 0 Å². The van der Waals surface area contributed by atoms with E-state index in [1.54, 1.807) is 0 Å². The zero-order valence-electron chi connectivity index (χ0n) is 16.7. The third-order valence-electron chi connectivity index (χ3n) is 5.25. The molecule has 0 nitrogen and oxygen atoms in total. The van der Waals surface area contributed by atoms with E-state index in [4.69, 9.17) is 0 Å². The average Bonchev–Trinajstić information content (AvgIpc) is 2.71. The molecule has 138 valence electrons. The van der Waals surface area contributed by atoms with Gasteiger partial charge in [-0.2, -0.15) is 0 Å². The molecule has 28 heavy (non-hydrogen) atoms. The summed E-state index contributed by atoms with van der Waals surface area (Å²) in [6.45, 7) is 6.70. The predicted molar refractivity (Wildman–Crippen MR) is 125 cm³/mol. The summed E-state index contributed by atoms with van der Waals surface area (Å²) in [5.41, 5.74) is 6.80. The van der Waals surface area contributed by atoms with Gasteiger partial charge in [-0.3, -0.25) is 0 Å². The second kappa shape index (κ2) is 8.13. The third-order valence-corrected chi connectivity index (χ3v) is 7.74. The molecule has 0 aliphatic carbocycles. The number of aryl methyl sites for hydroxylation is 3. The van der Waals surface area contributed by atoms with E-state index in [2.05, 4.69) is 118 Å². The Labute approximate surface area is 169 Å². The summed E-state index contributed by atoms with van der Waals surface area (Å²) in [5.74, 6) is 0. The van der Waals surface area contributed by atoms with Gasteiger partial charge in [0.05, 0.1) is 0 Å². The number of benzene rings is 4. The average molecular weight is 380 g/mol. The minimum Gasteiger partial charge on any atom is -0.0622 e.